The third-order valence-electron chi connectivity index (χ3n) is 10.5. The fraction of sp³-hybridized carbons (Fsp3) is 0.375. The average Bonchev–Trinajstić information content (AvgIpc) is 3.82. The Morgan fingerprint density at radius 1 is 0.538 bits per heavy atom. The summed E-state index contributed by atoms with van der Waals surface area (Å²) >= 11 is -0.826. The van der Waals surface area contributed by atoms with Crippen LogP contribution in [0.2, 0.25) is 13.1 Å². The average molecular weight is 827 g/mol. The van der Waals surface area contributed by atoms with Gasteiger partial charge in [0.05, 0.1) is 0 Å². The normalized spacial score (nSPS) is 11.8. The molecule has 0 nitrogen and oxygen atoms in total. The van der Waals surface area contributed by atoms with Crippen molar-refractivity contribution >= 4 is 48.1 Å². The summed E-state index contributed by atoms with van der Waals surface area (Å²) < 4.78 is 0. The molecule has 52 heavy (non-hydrogen) atoms. The Morgan fingerprint density at radius 3 is 1.17 bits per heavy atom. The van der Waals surface area contributed by atoms with E-state index in [2.05, 4.69) is 166 Å². The molecule has 0 fully saturated rings. The Labute approximate surface area is 338 Å². The van der Waals surface area contributed by atoms with Crippen LogP contribution in [-0.2, 0) is 46.5 Å². The van der Waals surface area contributed by atoms with Gasteiger partial charge in [-0.3, -0.25) is 0 Å². The van der Waals surface area contributed by atoms with Crippen LogP contribution in [0.3, 0.4) is 0 Å². The van der Waals surface area contributed by atoms with Crippen molar-refractivity contribution in [2.75, 3.05) is 0 Å². The van der Waals surface area contributed by atoms with Crippen molar-refractivity contribution in [2.45, 2.75) is 119 Å². The molecule has 2 atom stereocenters. The predicted octanol–water partition coefficient (Wildman–Crippen LogP) is 15.9. The Balaban J connectivity index is 0.000000244. The maximum absolute atomic E-state index is 4.93. The Bertz CT molecular complexity index is 1810. The fourth-order valence-electron chi connectivity index (χ4n) is 7.11. The van der Waals surface area contributed by atoms with Gasteiger partial charge in [0, 0.05) is 9.52 Å². The van der Waals surface area contributed by atoms with Crippen LogP contribution in [0.4, 0.5) is 0 Å². The molecule has 0 spiro atoms. The number of benzene rings is 4. The van der Waals surface area contributed by atoms with E-state index in [0.29, 0.717) is 11.8 Å². The van der Waals surface area contributed by atoms with E-state index >= 15 is 0 Å². The van der Waals surface area contributed by atoms with Crippen LogP contribution >= 0.6 is 17.0 Å². The summed E-state index contributed by atoms with van der Waals surface area (Å²) in [6.07, 6.45) is 6.69. The van der Waals surface area contributed by atoms with E-state index in [1.165, 1.54) is 90.0 Å². The van der Waals surface area contributed by atoms with Crippen LogP contribution in [0.25, 0.3) is 43.8 Å². The van der Waals surface area contributed by atoms with Gasteiger partial charge in [0.15, 0.2) is 0 Å². The zero-order valence-electron chi connectivity index (χ0n) is 33.4. The summed E-state index contributed by atoms with van der Waals surface area (Å²) in [5, 5.41) is 5.64. The van der Waals surface area contributed by atoms with Crippen molar-refractivity contribution < 1.29 is 20.8 Å². The summed E-state index contributed by atoms with van der Waals surface area (Å²) in [4.78, 5) is 0. The molecule has 0 aliphatic rings. The molecule has 0 N–H and O–H groups in total. The van der Waals surface area contributed by atoms with Gasteiger partial charge in [0.1, 0.15) is 0 Å². The Morgan fingerprint density at radius 2 is 0.865 bits per heavy atom. The van der Waals surface area contributed by atoms with Gasteiger partial charge in [-0.05, 0) is 59.8 Å². The molecule has 4 heteroatoms. The zero-order chi connectivity index (χ0) is 38.2. The first-order valence-corrected chi connectivity index (χ1v) is 27.7. The fourth-order valence-corrected chi connectivity index (χ4v) is 7.11. The Kier molecular flexibility index (Phi) is 19.4. The molecule has 0 heterocycles. The number of hydrogen-bond donors (Lipinski definition) is 0. The third kappa shape index (κ3) is 10.9. The second kappa shape index (κ2) is 22.9. The van der Waals surface area contributed by atoms with Gasteiger partial charge >= 0.3 is 37.9 Å². The van der Waals surface area contributed by atoms with Crippen LogP contribution in [0.5, 0.6) is 0 Å². The molecule has 0 saturated carbocycles. The molecule has 0 aliphatic heterocycles. The van der Waals surface area contributed by atoms with Gasteiger partial charge in [0.2, 0.25) is 0 Å². The number of hydrogen-bond acceptors (Lipinski definition) is 0. The third-order valence-corrected chi connectivity index (χ3v) is 10.5. The molecule has 0 bridgehead atoms. The van der Waals surface area contributed by atoms with E-state index in [-0.39, 0.29) is 0 Å². The van der Waals surface area contributed by atoms with E-state index in [1.807, 2.05) is 0 Å². The van der Waals surface area contributed by atoms with E-state index in [1.54, 1.807) is 0 Å². The SMILES string of the molecule is CCc1ccccc1-c1c(CC)ccc2[cH-]c(C(C)CC)cc12.CCc1ccccc1-c1c(CC)ccc2[cH-]c(C(C)CC)cc12.C[Si]C.[Cl][Zr+2][Cl]. The van der Waals surface area contributed by atoms with Gasteiger partial charge in [0.25, 0.3) is 0 Å². The molecule has 0 amide bonds. The minimum absolute atomic E-state index is 0.627. The monoisotopic (exact) mass is 824 g/mol. The topological polar surface area (TPSA) is 0 Å². The zero-order valence-corrected chi connectivity index (χ0v) is 38.4. The molecule has 2 unspecified atom stereocenters. The van der Waals surface area contributed by atoms with Crippen molar-refractivity contribution in [3.05, 3.63) is 130 Å². The predicted molar refractivity (Wildman–Crippen MR) is 234 cm³/mol. The quantitative estimate of drug-likeness (QED) is 0.0953. The molecule has 2 radical (unpaired) electrons. The first-order chi connectivity index (χ1) is 25.2. The van der Waals surface area contributed by atoms with Crippen molar-refractivity contribution in [1.29, 1.82) is 0 Å². The van der Waals surface area contributed by atoms with Crippen molar-refractivity contribution in [1.82, 2.24) is 0 Å². The molecule has 6 aromatic rings. The van der Waals surface area contributed by atoms with Gasteiger partial charge in [-0.15, -0.1) is 69.1 Å². The summed E-state index contributed by atoms with van der Waals surface area (Å²) in [5.41, 5.74) is 14.5. The number of fused-ring (bicyclic) bond motifs is 2. The van der Waals surface area contributed by atoms with Gasteiger partial charge < -0.3 is 0 Å². The molecular weight excluding hydrogens is 767 g/mol. The minimum atomic E-state index is -0.826. The standard InChI is InChI=1S/2C23H27.C2H6Si.2ClH.Zr/c2*1-5-16(4)20-14-19-13-12-18(7-3)23(22(19)15-20)21-11-9-8-10-17(21)6-2;1-3-2;;;/h2*8-16H,5-7H2,1-4H3;1-2H3;2*1H;/q2*-1;;;;+4/p-2. The summed E-state index contributed by atoms with van der Waals surface area (Å²) in [7, 11) is 11.0. The van der Waals surface area contributed by atoms with Crippen LogP contribution in [0, 0.1) is 0 Å². The van der Waals surface area contributed by atoms with E-state index in [4.69, 9.17) is 17.0 Å². The first-order valence-electron chi connectivity index (χ1n) is 19.4. The van der Waals surface area contributed by atoms with Crippen LogP contribution < -0.4 is 0 Å². The molecule has 6 rings (SSSR count). The van der Waals surface area contributed by atoms with E-state index < -0.39 is 20.8 Å². The first kappa shape index (κ1) is 44.2. The van der Waals surface area contributed by atoms with Crippen LogP contribution in [0.15, 0.2) is 97.1 Å². The van der Waals surface area contributed by atoms with Gasteiger partial charge in [-0.25, -0.2) is 0 Å². The summed E-state index contributed by atoms with van der Waals surface area (Å²) in [5.74, 6) is 1.25. The van der Waals surface area contributed by atoms with Gasteiger partial charge in [-0.1, -0.05) is 152 Å². The molecule has 274 valence electrons. The second-order valence-corrected chi connectivity index (χ2v) is 18.4. The molecule has 0 aromatic heterocycles. The summed E-state index contributed by atoms with van der Waals surface area (Å²) in [6.45, 7) is 22.5. The van der Waals surface area contributed by atoms with Crippen LogP contribution in [0.1, 0.15) is 113 Å². The van der Waals surface area contributed by atoms with Crippen molar-refractivity contribution in [3.63, 3.8) is 0 Å². The molecule has 0 saturated heterocycles. The number of rotatable bonds is 10. The molecule has 0 aliphatic carbocycles. The molecular formula is C48H60Cl2SiZr. The maximum atomic E-state index is 4.93. The Hall–Kier alpha value is -2.22. The van der Waals surface area contributed by atoms with Crippen LogP contribution in [-0.4, -0.2) is 9.52 Å². The van der Waals surface area contributed by atoms with Crippen molar-refractivity contribution in [2.24, 2.45) is 0 Å². The number of halogens is 2. The molecule has 6 aromatic carbocycles. The number of aryl methyl sites for hydroxylation is 4. The van der Waals surface area contributed by atoms with E-state index in [9.17, 15) is 0 Å². The second-order valence-electron chi connectivity index (χ2n) is 13.7. The summed E-state index contributed by atoms with van der Waals surface area (Å²) in [6, 6.07) is 36.7. The van der Waals surface area contributed by atoms with Gasteiger partial charge in [-0.2, -0.15) is 12.1 Å². The van der Waals surface area contributed by atoms with Crippen molar-refractivity contribution in [3.8, 4) is 22.3 Å². The van der Waals surface area contributed by atoms with E-state index in [0.717, 1.165) is 35.2 Å².